The molecule has 0 aliphatic carbocycles. The predicted molar refractivity (Wildman–Crippen MR) is 49.6 cm³/mol. The molecule has 0 heterocycles. The Morgan fingerprint density at radius 3 is 2.69 bits per heavy atom. The Labute approximate surface area is 77.9 Å². The lowest BCUT2D eigenvalue weighted by Gasteiger charge is -2.11. The Kier molecular flexibility index (Phi) is 3.73. The van der Waals surface area contributed by atoms with E-state index in [4.69, 9.17) is 9.47 Å². The van der Waals surface area contributed by atoms with E-state index in [0.717, 1.165) is 5.56 Å². The second-order valence-corrected chi connectivity index (χ2v) is 2.76. The molecule has 3 heteroatoms. The normalized spacial score (nSPS) is 12.5. The van der Waals surface area contributed by atoms with Gasteiger partial charge in [0.15, 0.2) is 6.79 Å². The Balaban J connectivity index is 2.78. The van der Waals surface area contributed by atoms with Gasteiger partial charge in [0, 0.05) is 12.7 Å². The maximum Gasteiger partial charge on any atom is 0.188 e. The summed E-state index contributed by atoms with van der Waals surface area (Å²) in [5.41, 5.74) is 0.777. The summed E-state index contributed by atoms with van der Waals surface area (Å²) in [5.74, 6) is 0.666. The van der Waals surface area contributed by atoms with Gasteiger partial charge in [0.1, 0.15) is 5.75 Å². The number of aliphatic hydroxyl groups is 1. The lowest BCUT2D eigenvalue weighted by Crippen LogP contribution is -2.03. The molecule has 0 fully saturated rings. The number of hydrogen-bond donors (Lipinski definition) is 1. The first-order chi connectivity index (χ1) is 6.25. The minimum atomic E-state index is -0.520. The average molecular weight is 182 g/mol. The second kappa shape index (κ2) is 4.84. The molecule has 1 atom stereocenters. The van der Waals surface area contributed by atoms with E-state index in [1.807, 2.05) is 18.2 Å². The number of ether oxygens (including phenoxy) is 2. The highest BCUT2D eigenvalue weighted by molar-refractivity contribution is 5.34. The van der Waals surface area contributed by atoms with E-state index in [-0.39, 0.29) is 6.79 Å². The minimum absolute atomic E-state index is 0.198. The van der Waals surface area contributed by atoms with Crippen molar-refractivity contribution in [2.24, 2.45) is 0 Å². The van der Waals surface area contributed by atoms with E-state index in [1.165, 1.54) is 0 Å². The van der Waals surface area contributed by atoms with Crippen molar-refractivity contribution in [1.82, 2.24) is 0 Å². The third-order valence-electron chi connectivity index (χ3n) is 1.70. The van der Waals surface area contributed by atoms with Crippen molar-refractivity contribution in [3.8, 4) is 5.75 Å². The minimum Gasteiger partial charge on any atom is -0.467 e. The van der Waals surface area contributed by atoms with Crippen LogP contribution in [0.1, 0.15) is 18.6 Å². The molecule has 0 saturated heterocycles. The van der Waals surface area contributed by atoms with Crippen molar-refractivity contribution in [1.29, 1.82) is 0 Å². The molecule has 1 N–H and O–H groups in total. The number of hydrogen-bond acceptors (Lipinski definition) is 3. The maximum atomic E-state index is 9.38. The maximum absolute atomic E-state index is 9.38. The fraction of sp³-hybridized carbons (Fsp3) is 0.400. The van der Waals surface area contributed by atoms with Crippen LogP contribution in [-0.2, 0) is 4.74 Å². The highest BCUT2D eigenvalue weighted by Crippen LogP contribution is 2.24. The first-order valence-electron chi connectivity index (χ1n) is 4.14. The second-order valence-electron chi connectivity index (χ2n) is 2.76. The van der Waals surface area contributed by atoms with Gasteiger partial charge in [0.25, 0.3) is 0 Å². The zero-order valence-electron chi connectivity index (χ0n) is 7.86. The molecular formula is C10H14O3. The number of para-hydroxylation sites is 1. The van der Waals surface area contributed by atoms with Crippen LogP contribution in [0.15, 0.2) is 24.3 Å². The summed E-state index contributed by atoms with van der Waals surface area (Å²) < 4.78 is 10.0. The number of rotatable bonds is 4. The predicted octanol–water partition coefficient (Wildman–Crippen LogP) is 1.72. The zero-order chi connectivity index (χ0) is 9.68. The van der Waals surface area contributed by atoms with E-state index in [9.17, 15) is 5.11 Å². The fourth-order valence-electron chi connectivity index (χ4n) is 1.08. The lowest BCUT2D eigenvalue weighted by atomic mass is 10.1. The van der Waals surface area contributed by atoms with Crippen LogP contribution in [0.2, 0.25) is 0 Å². The van der Waals surface area contributed by atoms with Gasteiger partial charge < -0.3 is 14.6 Å². The van der Waals surface area contributed by atoms with Crippen molar-refractivity contribution in [2.75, 3.05) is 13.9 Å². The first kappa shape index (κ1) is 10.0. The van der Waals surface area contributed by atoms with E-state index in [0.29, 0.717) is 5.75 Å². The number of methoxy groups -OCH3 is 1. The zero-order valence-corrected chi connectivity index (χ0v) is 7.86. The molecule has 0 spiro atoms. The van der Waals surface area contributed by atoms with Gasteiger partial charge in [-0.15, -0.1) is 0 Å². The summed E-state index contributed by atoms with van der Waals surface area (Å²) >= 11 is 0. The summed E-state index contributed by atoms with van der Waals surface area (Å²) in [7, 11) is 1.56. The quantitative estimate of drug-likeness (QED) is 0.720. The van der Waals surface area contributed by atoms with Crippen LogP contribution < -0.4 is 4.74 Å². The molecule has 13 heavy (non-hydrogen) atoms. The van der Waals surface area contributed by atoms with Crippen molar-refractivity contribution >= 4 is 0 Å². The Morgan fingerprint density at radius 1 is 1.38 bits per heavy atom. The molecule has 1 rings (SSSR count). The summed E-state index contributed by atoms with van der Waals surface area (Å²) in [6.45, 7) is 1.90. The topological polar surface area (TPSA) is 38.7 Å². The molecule has 0 radical (unpaired) electrons. The molecule has 0 aromatic heterocycles. The van der Waals surface area contributed by atoms with Crippen LogP contribution >= 0.6 is 0 Å². The highest BCUT2D eigenvalue weighted by atomic mass is 16.7. The molecule has 0 saturated carbocycles. The van der Waals surface area contributed by atoms with Crippen molar-refractivity contribution in [3.05, 3.63) is 29.8 Å². The summed E-state index contributed by atoms with van der Waals surface area (Å²) in [6, 6.07) is 7.36. The summed E-state index contributed by atoms with van der Waals surface area (Å²) in [4.78, 5) is 0. The van der Waals surface area contributed by atoms with E-state index in [2.05, 4.69) is 0 Å². The highest BCUT2D eigenvalue weighted by Gasteiger charge is 2.07. The van der Waals surface area contributed by atoms with Gasteiger partial charge in [-0.3, -0.25) is 0 Å². The van der Waals surface area contributed by atoms with Gasteiger partial charge in [0.05, 0.1) is 6.10 Å². The van der Waals surface area contributed by atoms with Crippen LogP contribution in [0.3, 0.4) is 0 Å². The standard InChI is InChI=1S/C10H14O3/c1-8(11)9-5-3-4-6-10(9)13-7-12-2/h3-6,8,11H,7H2,1-2H3. The molecule has 1 aromatic carbocycles. The largest absolute Gasteiger partial charge is 0.467 e. The van der Waals surface area contributed by atoms with Gasteiger partial charge in [-0.25, -0.2) is 0 Å². The average Bonchev–Trinajstić information content (AvgIpc) is 2.15. The number of benzene rings is 1. The monoisotopic (exact) mass is 182 g/mol. The smallest absolute Gasteiger partial charge is 0.188 e. The van der Waals surface area contributed by atoms with Crippen molar-refractivity contribution in [3.63, 3.8) is 0 Å². The third kappa shape index (κ3) is 2.72. The molecule has 1 unspecified atom stereocenters. The first-order valence-corrected chi connectivity index (χ1v) is 4.14. The molecule has 1 aromatic rings. The van der Waals surface area contributed by atoms with Crippen LogP contribution in [0.5, 0.6) is 5.75 Å². The summed E-state index contributed by atoms with van der Waals surface area (Å²) in [5, 5.41) is 9.38. The SMILES string of the molecule is COCOc1ccccc1C(C)O. The molecule has 3 nitrogen and oxygen atoms in total. The van der Waals surface area contributed by atoms with Crippen LogP contribution in [-0.4, -0.2) is 19.0 Å². The van der Waals surface area contributed by atoms with E-state index >= 15 is 0 Å². The van der Waals surface area contributed by atoms with Crippen molar-refractivity contribution < 1.29 is 14.6 Å². The molecule has 72 valence electrons. The van der Waals surface area contributed by atoms with Gasteiger partial charge in [-0.2, -0.15) is 0 Å². The number of aliphatic hydroxyl groups excluding tert-OH is 1. The van der Waals surface area contributed by atoms with Gasteiger partial charge in [-0.1, -0.05) is 18.2 Å². The van der Waals surface area contributed by atoms with Crippen LogP contribution in [0, 0.1) is 0 Å². The van der Waals surface area contributed by atoms with Gasteiger partial charge in [-0.05, 0) is 13.0 Å². The molecule has 0 bridgehead atoms. The third-order valence-corrected chi connectivity index (χ3v) is 1.70. The fourth-order valence-corrected chi connectivity index (χ4v) is 1.08. The molecule has 0 aliphatic heterocycles. The Bertz CT molecular complexity index is 258. The molecule has 0 amide bonds. The lowest BCUT2D eigenvalue weighted by molar-refractivity contribution is 0.0484. The van der Waals surface area contributed by atoms with Crippen LogP contribution in [0.25, 0.3) is 0 Å². The Hall–Kier alpha value is -1.06. The van der Waals surface area contributed by atoms with E-state index < -0.39 is 6.10 Å². The van der Waals surface area contributed by atoms with E-state index in [1.54, 1.807) is 20.1 Å². The van der Waals surface area contributed by atoms with Crippen molar-refractivity contribution in [2.45, 2.75) is 13.0 Å². The van der Waals surface area contributed by atoms with Crippen LogP contribution in [0.4, 0.5) is 0 Å². The molecule has 0 aliphatic rings. The van der Waals surface area contributed by atoms with Gasteiger partial charge >= 0.3 is 0 Å². The summed E-state index contributed by atoms with van der Waals surface area (Å²) in [6.07, 6.45) is -0.520. The molecular weight excluding hydrogens is 168 g/mol. The Morgan fingerprint density at radius 2 is 2.08 bits per heavy atom. The van der Waals surface area contributed by atoms with Gasteiger partial charge in [0.2, 0.25) is 0 Å².